The molecule has 3 N–H and O–H groups in total. The second-order valence-electron chi connectivity index (χ2n) is 4.63. The van der Waals surface area contributed by atoms with Crippen molar-refractivity contribution in [3.05, 3.63) is 0 Å². The summed E-state index contributed by atoms with van der Waals surface area (Å²) in [6.45, 7) is 7.33. The maximum absolute atomic E-state index is 9.27. The summed E-state index contributed by atoms with van der Waals surface area (Å²) in [6.07, 6.45) is 1.16. The zero-order chi connectivity index (χ0) is 10.1. The summed E-state index contributed by atoms with van der Waals surface area (Å²) < 4.78 is 0. The lowest BCUT2D eigenvalue weighted by atomic mass is 9.87. The number of hydrogen-bond donors (Lipinski definition) is 3. The molecule has 0 amide bonds. The lowest BCUT2D eigenvalue weighted by Gasteiger charge is -2.35. The van der Waals surface area contributed by atoms with Gasteiger partial charge in [-0.25, -0.2) is 0 Å². The predicted molar refractivity (Wildman–Crippen MR) is 58.2 cm³/mol. The standard InChI is InChI=1S/C9H20BN3O/c1-7-4-11-5-9-3-8(6-13(7)9)12-10(2)14/h7-9,11-12,14H,3-6H2,1-2H3/t7-,8?,9+/m1/s1. The fourth-order valence-electron chi connectivity index (χ4n) is 2.72. The summed E-state index contributed by atoms with van der Waals surface area (Å²) in [5, 5.41) is 15.9. The Morgan fingerprint density at radius 3 is 2.93 bits per heavy atom. The highest BCUT2D eigenvalue weighted by Crippen LogP contribution is 2.22. The van der Waals surface area contributed by atoms with Crippen LogP contribution in [0.4, 0.5) is 0 Å². The summed E-state index contributed by atoms with van der Waals surface area (Å²) in [7, 11) is -0.385. The van der Waals surface area contributed by atoms with Gasteiger partial charge < -0.3 is 15.6 Å². The van der Waals surface area contributed by atoms with E-state index in [0.717, 1.165) is 26.1 Å². The first-order chi connectivity index (χ1) is 6.66. The molecule has 4 nitrogen and oxygen atoms in total. The molecule has 0 aliphatic carbocycles. The Bertz CT molecular complexity index is 202. The van der Waals surface area contributed by atoms with Crippen molar-refractivity contribution >= 4 is 7.05 Å². The van der Waals surface area contributed by atoms with Gasteiger partial charge in [-0.1, -0.05) is 0 Å². The third kappa shape index (κ3) is 2.11. The molecule has 0 aromatic rings. The third-order valence-electron chi connectivity index (χ3n) is 3.32. The molecule has 2 aliphatic heterocycles. The van der Waals surface area contributed by atoms with Crippen LogP contribution >= 0.6 is 0 Å². The lowest BCUT2D eigenvalue weighted by molar-refractivity contribution is 0.148. The third-order valence-corrected chi connectivity index (χ3v) is 3.32. The molecule has 0 aromatic heterocycles. The summed E-state index contributed by atoms with van der Waals surface area (Å²) in [6, 6.07) is 1.76. The van der Waals surface area contributed by atoms with Crippen LogP contribution in [0.15, 0.2) is 0 Å². The normalized spacial score (nSPS) is 38.4. The van der Waals surface area contributed by atoms with Gasteiger partial charge in [0.1, 0.15) is 0 Å². The molecule has 2 heterocycles. The molecule has 0 saturated carbocycles. The molecule has 80 valence electrons. The minimum absolute atomic E-state index is 0.385. The van der Waals surface area contributed by atoms with Crippen molar-refractivity contribution in [2.75, 3.05) is 19.6 Å². The molecular formula is C9H20BN3O. The minimum atomic E-state index is -0.385. The van der Waals surface area contributed by atoms with Gasteiger partial charge in [0.15, 0.2) is 0 Å². The van der Waals surface area contributed by atoms with Crippen LogP contribution in [0.25, 0.3) is 0 Å². The molecule has 2 aliphatic rings. The van der Waals surface area contributed by atoms with E-state index in [-0.39, 0.29) is 7.05 Å². The van der Waals surface area contributed by atoms with E-state index in [0.29, 0.717) is 18.1 Å². The maximum atomic E-state index is 9.27. The number of nitrogens with zero attached hydrogens (tertiary/aromatic N) is 1. The Labute approximate surface area is 86.2 Å². The molecule has 0 radical (unpaired) electrons. The molecule has 1 unspecified atom stereocenters. The first kappa shape index (κ1) is 10.4. The largest absolute Gasteiger partial charge is 0.437 e. The first-order valence-corrected chi connectivity index (χ1v) is 5.57. The van der Waals surface area contributed by atoms with Crippen LogP contribution in [0.2, 0.25) is 6.82 Å². The van der Waals surface area contributed by atoms with Gasteiger partial charge in [0.05, 0.1) is 0 Å². The van der Waals surface area contributed by atoms with E-state index in [1.807, 2.05) is 0 Å². The van der Waals surface area contributed by atoms with Gasteiger partial charge in [-0.15, -0.1) is 0 Å². The molecule has 2 saturated heterocycles. The van der Waals surface area contributed by atoms with Crippen LogP contribution in [0, 0.1) is 0 Å². The molecule has 14 heavy (non-hydrogen) atoms. The zero-order valence-corrected chi connectivity index (χ0v) is 9.03. The van der Waals surface area contributed by atoms with E-state index < -0.39 is 0 Å². The van der Waals surface area contributed by atoms with E-state index in [1.54, 1.807) is 6.82 Å². The highest BCUT2D eigenvalue weighted by Gasteiger charge is 2.37. The molecule has 3 atom stereocenters. The predicted octanol–water partition coefficient (Wildman–Crippen LogP) is -0.879. The molecule has 2 fully saturated rings. The topological polar surface area (TPSA) is 47.5 Å². The fraction of sp³-hybridized carbons (Fsp3) is 1.00. The first-order valence-electron chi connectivity index (χ1n) is 5.57. The van der Waals surface area contributed by atoms with Crippen LogP contribution in [0.5, 0.6) is 0 Å². The zero-order valence-electron chi connectivity index (χ0n) is 9.03. The molecule has 0 aromatic carbocycles. The van der Waals surface area contributed by atoms with Crippen LogP contribution in [0.1, 0.15) is 13.3 Å². The Balaban J connectivity index is 1.90. The fourth-order valence-corrected chi connectivity index (χ4v) is 2.72. The second-order valence-corrected chi connectivity index (χ2v) is 4.63. The van der Waals surface area contributed by atoms with Crippen molar-refractivity contribution in [1.29, 1.82) is 0 Å². The van der Waals surface area contributed by atoms with Crippen LogP contribution in [0.3, 0.4) is 0 Å². The molecule has 0 spiro atoms. The quantitative estimate of drug-likeness (QED) is 0.503. The van der Waals surface area contributed by atoms with Gasteiger partial charge in [-0.2, -0.15) is 0 Å². The lowest BCUT2D eigenvalue weighted by Crippen LogP contribution is -2.53. The van der Waals surface area contributed by atoms with Crippen LogP contribution in [-0.4, -0.2) is 54.7 Å². The van der Waals surface area contributed by atoms with Crippen molar-refractivity contribution in [2.24, 2.45) is 0 Å². The molecule has 5 heteroatoms. The highest BCUT2D eigenvalue weighted by molar-refractivity contribution is 6.45. The highest BCUT2D eigenvalue weighted by atomic mass is 16.2. The van der Waals surface area contributed by atoms with Crippen molar-refractivity contribution in [2.45, 2.75) is 38.3 Å². The van der Waals surface area contributed by atoms with E-state index >= 15 is 0 Å². The Morgan fingerprint density at radius 1 is 1.50 bits per heavy atom. The summed E-state index contributed by atoms with van der Waals surface area (Å²) in [4.78, 5) is 2.55. The van der Waals surface area contributed by atoms with Crippen molar-refractivity contribution in [3.63, 3.8) is 0 Å². The Hall–Kier alpha value is -0.0951. The molecule has 2 rings (SSSR count). The minimum Gasteiger partial charge on any atom is -0.437 e. The van der Waals surface area contributed by atoms with Gasteiger partial charge in [0.2, 0.25) is 0 Å². The van der Waals surface area contributed by atoms with Crippen molar-refractivity contribution in [3.8, 4) is 0 Å². The number of piperazine rings is 1. The monoisotopic (exact) mass is 197 g/mol. The number of fused-ring (bicyclic) bond motifs is 1. The van der Waals surface area contributed by atoms with E-state index in [1.165, 1.54) is 0 Å². The van der Waals surface area contributed by atoms with Gasteiger partial charge in [0.25, 0.3) is 0 Å². The Kier molecular flexibility index (Phi) is 3.12. The summed E-state index contributed by atoms with van der Waals surface area (Å²) >= 11 is 0. The van der Waals surface area contributed by atoms with Gasteiger partial charge in [-0.05, 0) is 20.2 Å². The van der Waals surface area contributed by atoms with Gasteiger partial charge in [-0.3, -0.25) is 4.90 Å². The maximum Gasteiger partial charge on any atom is 0.373 e. The number of rotatable bonds is 2. The van der Waals surface area contributed by atoms with E-state index in [2.05, 4.69) is 22.4 Å². The summed E-state index contributed by atoms with van der Waals surface area (Å²) in [5.74, 6) is 0. The number of nitrogens with one attached hydrogen (secondary N) is 2. The van der Waals surface area contributed by atoms with Gasteiger partial charge in [0, 0.05) is 37.8 Å². The van der Waals surface area contributed by atoms with Crippen molar-refractivity contribution in [1.82, 2.24) is 15.4 Å². The molecule has 0 bridgehead atoms. The van der Waals surface area contributed by atoms with E-state index in [4.69, 9.17) is 0 Å². The second kappa shape index (κ2) is 4.19. The average molecular weight is 197 g/mol. The average Bonchev–Trinajstić information content (AvgIpc) is 2.47. The van der Waals surface area contributed by atoms with Crippen molar-refractivity contribution < 1.29 is 5.02 Å². The smallest absolute Gasteiger partial charge is 0.373 e. The molecular weight excluding hydrogens is 177 g/mol. The van der Waals surface area contributed by atoms with E-state index in [9.17, 15) is 5.02 Å². The van der Waals surface area contributed by atoms with Crippen LogP contribution < -0.4 is 10.5 Å². The SMILES string of the molecule is CB(O)NC1C[C@H]2CNC[C@@H](C)N2C1. The number of hydrogen-bond acceptors (Lipinski definition) is 4. The van der Waals surface area contributed by atoms with Gasteiger partial charge >= 0.3 is 7.05 Å². The summed E-state index contributed by atoms with van der Waals surface area (Å²) in [5.41, 5.74) is 0. The van der Waals surface area contributed by atoms with Crippen LogP contribution in [-0.2, 0) is 0 Å². The Morgan fingerprint density at radius 2 is 2.29 bits per heavy atom.